The summed E-state index contributed by atoms with van der Waals surface area (Å²) in [5.41, 5.74) is 3.28. The summed E-state index contributed by atoms with van der Waals surface area (Å²) < 4.78 is 8.85. The number of imidazole rings is 1. The van der Waals surface area contributed by atoms with Gasteiger partial charge in [0.25, 0.3) is 11.8 Å². The van der Waals surface area contributed by atoms with E-state index in [9.17, 15) is 14.4 Å². The molecule has 3 aromatic heterocycles. The standard InChI is InChI=1S/C29H31ClN6O4/c1-17-23(12-19(30)14-32-17)27(37)34-20-6-4-18(5-7-20)16-35-26-13-22(40-3)9-11-25(26)36(29(35)39)21-8-10-24(33-15-21)28(38)31-2/h8-15,18,20H,4-7,16H2,1-3H3,(H,31,38)(H,34,37)/t18-,20-. The number of pyridine rings is 2. The minimum atomic E-state index is -0.294. The number of nitrogens with zero attached hydrogens (tertiary/aromatic N) is 4. The van der Waals surface area contributed by atoms with Crippen molar-refractivity contribution in [3.8, 4) is 11.4 Å². The molecule has 5 rings (SSSR count). The summed E-state index contributed by atoms with van der Waals surface area (Å²) in [6.45, 7) is 2.33. The van der Waals surface area contributed by atoms with E-state index in [0.29, 0.717) is 34.3 Å². The first-order chi connectivity index (χ1) is 19.3. The van der Waals surface area contributed by atoms with Crippen LogP contribution in [-0.2, 0) is 6.54 Å². The van der Waals surface area contributed by atoms with Crippen molar-refractivity contribution in [3.05, 3.63) is 81.3 Å². The van der Waals surface area contributed by atoms with Crippen LogP contribution in [0.2, 0.25) is 5.02 Å². The molecule has 0 atom stereocenters. The lowest BCUT2D eigenvalue weighted by atomic mass is 9.85. The van der Waals surface area contributed by atoms with Gasteiger partial charge in [-0.2, -0.15) is 0 Å². The maximum Gasteiger partial charge on any atom is 0.333 e. The number of methoxy groups -OCH3 is 1. The highest BCUT2D eigenvalue weighted by Crippen LogP contribution is 2.29. The predicted molar refractivity (Wildman–Crippen MR) is 152 cm³/mol. The number of carbonyl (C=O) groups is 2. The zero-order chi connectivity index (χ0) is 28.4. The van der Waals surface area contributed by atoms with E-state index in [1.165, 1.54) is 12.4 Å². The van der Waals surface area contributed by atoms with E-state index in [1.54, 1.807) is 48.4 Å². The van der Waals surface area contributed by atoms with Crippen LogP contribution in [0.5, 0.6) is 5.75 Å². The van der Waals surface area contributed by atoms with Gasteiger partial charge < -0.3 is 15.4 Å². The van der Waals surface area contributed by atoms with Gasteiger partial charge in [-0.3, -0.25) is 23.7 Å². The minimum absolute atomic E-state index is 0.0465. The molecule has 2 N–H and O–H groups in total. The molecule has 0 saturated heterocycles. The Morgan fingerprint density at radius 3 is 2.48 bits per heavy atom. The van der Waals surface area contributed by atoms with Gasteiger partial charge >= 0.3 is 5.69 Å². The van der Waals surface area contributed by atoms with Gasteiger partial charge in [0.05, 0.1) is 46.3 Å². The lowest BCUT2D eigenvalue weighted by molar-refractivity contribution is 0.0917. The highest BCUT2D eigenvalue weighted by molar-refractivity contribution is 6.30. The fourth-order valence-corrected chi connectivity index (χ4v) is 5.48. The molecule has 1 saturated carbocycles. The largest absolute Gasteiger partial charge is 0.497 e. The first-order valence-electron chi connectivity index (χ1n) is 13.2. The lowest BCUT2D eigenvalue weighted by Crippen LogP contribution is -2.39. The van der Waals surface area contributed by atoms with Crippen molar-refractivity contribution in [2.24, 2.45) is 5.92 Å². The number of hydrogen-bond acceptors (Lipinski definition) is 6. The third-order valence-electron chi connectivity index (χ3n) is 7.52. The third kappa shape index (κ3) is 5.44. The number of halogens is 1. The van der Waals surface area contributed by atoms with Crippen molar-refractivity contribution in [1.82, 2.24) is 29.7 Å². The molecule has 0 spiro atoms. The Morgan fingerprint density at radius 2 is 1.80 bits per heavy atom. The molecule has 208 valence electrons. The number of rotatable bonds is 7. The molecular weight excluding hydrogens is 532 g/mol. The number of ether oxygens (including phenoxy) is 1. The van der Waals surface area contributed by atoms with Crippen molar-refractivity contribution in [2.75, 3.05) is 14.2 Å². The summed E-state index contributed by atoms with van der Waals surface area (Å²) in [5, 5.41) is 6.10. The van der Waals surface area contributed by atoms with E-state index in [-0.39, 0.29) is 35.2 Å². The van der Waals surface area contributed by atoms with Gasteiger partial charge in [-0.15, -0.1) is 0 Å². The molecular formula is C29H31ClN6O4. The quantitative estimate of drug-likeness (QED) is 0.352. The minimum Gasteiger partial charge on any atom is -0.497 e. The normalized spacial score (nSPS) is 17.0. The summed E-state index contributed by atoms with van der Waals surface area (Å²) >= 11 is 6.04. The van der Waals surface area contributed by atoms with Crippen LogP contribution in [0.3, 0.4) is 0 Å². The Bertz CT molecular complexity index is 1620. The average Bonchev–Trinajstić information content (AvgIpc) is 3.24. The van der Waals surface area contributed by atoms with Crippen LogP contribution < -0.4 is 21.1 Å². The monoisotopic (exact) mass is 562 g/mol. The van der Waals surface area contributed by atoms with Crippen LogP contribution in [0.4, 0.5) is 0 Å². The van der Waals surface area contributed by atoms with Crippen LogP contribution in [0.15, 0.2) is 53.6 Å². The third-order valence-corrected chi connectivity index (χ3v) is 7.73. The van der Waals surface area contributed by atoms with Crippen LogP contribution in [-0.4, -0.2) is 51.1 Å². The van der Waals surface area contributed by atoms with Gasteiger partial charge in [0.15, 0.2) is 0 Å². The zero-order valence-corrected chi connectivity index (χ0v) is 23.4. The number of benzene rings is 1. The van der Waals surface area contributed by atoms with E-state index in [0.717, 1.165) is 36.7 Å². The van der Waals surface area contributed by atoms with Crippen LogP contribution >= 0.6 is 11.6 Å². The van der Waals surface area contributed by atoms with Crippen molar-refractivity contribution < 1.29 is 14.3 Å². The molecule has 1 aromatic carbocycles. The van der Waals surface area contributed by atoms with Crippen molar-refractivity contribution in [3.63, 3.8) is 0 Å². The fraction of sp³-hybridized carbons (Fsp3) is 0.345. The number of carbonyl (C=O) groups excluding carboxylic acids is 2. The molecule has 1 aliphatic rings. The number of amides is 2. The molecule has 2 amide bonds. The predicted octanol–water partition coefficient (Wildman–Crippen LogP) is 3.90. The second kappa shape index (κ2) is 11.5. The Hall–Kier alpha value is -4.18. The Labute approximate surface area is 236 Å². The first kappa shape index (κ1) is 27.4. The molecule has 40 heavy (non-hydrogen) atoms. The molecule has 4 aromatic rings. The molecule has 11 heteroatoms. The highest BCUT2D eigenvalue weighted by Gasteiger charge is 2.26. The van der Waals surface area contributed by atoms with E-state index in [1.807, 2.05) is 18.2 Å². The van der Waals surface area contributed by atoms with Gasteiger partial charge in [-0.1, -0.05) is 11.6 Å². The highest BCUT2D eigenvalue weighted by atomic mass is 35.5. The van der Waals surface area contributed by atoms with Crippen LogP contribution in [0, 0.1) is 12.8 Å². The van der Waals surface area contributed by atoms with Gasteiger partial charge in [-0.05, 0) is 68.9 Å². The van der Waals surface area contributed by atoms with Crippen molar-refractivity contribution >= 4 is 34.4 Å². The summed E-state index contributed by atoms with van der Waals surface area (Å²) in [6.07, 6.45) is 6.41. The summed E-state index contributed by atoms with van der Waals surface area (Å²) in [7, 11) is 3.14. The molecule has 0 radical (unpaired) electrons. The first-order valence-corrected chi connectivity index (χ1v) is 13.6. The van der Waals surface area contributed by atoms with Crippen LogP contribution in [0.25, 0.3) is 16.7 Å². The second-order valence-electron chi connectivity index (χ2n) is 10.0. The van der Waals surface area contributed by atoms with Crippen molar-refractivity contribution in [2.45, 2.75) is 45.2 Å². The molecule has 1 fully saturated rings. The van der Waals surface area contributed by atoms with Gasteiger partial charge in [-0.25, -0.2) is 9.78 Å². The average molecular weight is 563 g/mol. The SMILES string of the molecule is CNC(=O)c1ccc(-n2c(=O)n(C[C@H]3CC[C@H](NC(=O)c4cc(Cl)cnc4C)CC3)c3cc(OC)ccc32)cn1. The number of aromatic nitrogens is 4. The molecule has 3 heterocycles. The number of aryl methyl sites for hydroxylation is 1. The number of nitrogens with one attached hydrogen (secondary N) is 2. The molecule has 10 nitrogen and oxygen atoms in total. The van der Waals surface area contributed by atoms with Gasteiger partial charge in [0, 0.05) is 31.9 Å². The summed E-state index contributed by atoms with van der Waals surface area (Å²) in [5.74, 6) is 0.457. The molecule has 0 bridgehead atoms. The molecule has 0 unspecified atom stereocenters. The number of fused-ring (bicyclic) bond motifs is 1. The topological polar surface area (TPSA) is 120 Å². The molecule has 1 aliphatic carbocycles. The van der Waals surface area contributed by atoms with E-state index in [4.69, 9.17) is 16.3 Å². The van der Waals surface area contributed by atoms with E-state index >= 15 is 0 Å². The second-order valence-corrected chi connectivity index (χ2v) is 10.5. The lowest BCUT2D eigenvalue weighted by Gasteiger charge is -2.29. The Morgan fingerprint density at radius 1 is 1.02 bits per heavy atom. The van der Waals surface area contributed by atoms with Gasteiger partial charge in [0.2, 0.25) is 0 Å². The van der Waals surface area contributed by atoms with Gasteiger partial charge in [0.1, 0.15) is 11.4 Å². The van der Waals surface area contributed by atoms with E-state index < -0.39 is 0 Å². The Balaban J connectivity index is 1.35. The summed E-state index contributed by atoms with van der Waals surface area (Å²) in [6, 6.07) is 10.6. The smallest absolute Gasteiger partial charge is 0.333 e. The maximum atomic E-state index is 13.8. The fourth-order valence-electron chi connectivity index (χ4n) is 5.32. The maximum absolute atomic E-state index is 13.8. The van der Waals surface area contributed by atoms with Crippen molar-refractivity contribution in [1.29, 1.82) is 0 Å². The zero-order valence-electron chi connectivity index (χ0n) is 22.6. The molecule has 0 aliphatic heterocycles. The van der Waals surface area contributed by atoms with Crippen LogP contribution in [0.1, 0.15) is 52.2 Å². The van der Waals surface area contributed by atoms with E-state index in [2.05, 4.69) is 20.6 Å². The Kier molecular flexibility index (Phi) is 7.88. The number of hydrogen-bond donors (Lipinski definition) is 2. The summed E-state index contributed by atoms with van der Waals surface area (Å²) in [4.78, 5) is 46.9.